The van der Waals surface area contributed by atoms with Crippen molar-refractivity contribution in [3.8, 4) is 16.2 Å². The number of hydrogen-bond acceptors (Lipinski definition) is 6. The second-order valence-corrected chi connectivity index (χ2v) is 11.1. The molecule has 194 valence electrons. The van der Waals surface area contributed by atoms with Gasteiger partial charge in [-0.3, -0.25) is 14.6 Å². The SMILES string of the molecule is COc1c(-c2cc3c(s2)CCCC3NC(=O)Cc2ccncc2)c(C2CC2)cc2c(=O)c(C(=O)O)c[nH]c12. The van der Waals surface area contributed by atoms with Crippen LogP contribution in [0.2, 0.25) is 0 Å². The fourth-order valence-electron chi connectivity index (χ4n) is 5.45. The van der Waals surface area contributed by atoms with E-state index in [0.29, 0.717) is 29.0 Å². The number of carbonyl (C=O) groups excluding carboxylic acids is 1. The van der Waals surface area contributed by atoms with Gasteiger partial charge in [0.2, 0.25) is 11.3 Å². The second kappa shape index (κ2) is 9.72. The molecule has 1 saturated carbocycles. The maximum absolute atomic E-state index is 13.0. The summed E-state index contributed by atoms with van der Waals surface area (Å²) >= 11 is 1.71. The first-order valence-corrected chi connectivity index (χ1v) is 13.6. The Kier molecular flexibility index (Phi) is 6.23. The van der Waals surface area contributed by atoms with Crippen molar-refractivity contribution in [1.29, 1.82) is 0 Å². The minimum Gasteiger partial charge on any atom is -0.494 e. The van der Waals surface area contributed by atoms with Gasteiger partial charge < -0.3 is 20.1 Å². The third kappa shape index (κ3) is 4.36. The summed E-state index contributed by atoms with van der Waals surface area (Å²) in [4.78, 5) is 46.8. The van der Waals surface area contributed by atoms with Crippen LogP contribution < -0.4 is 15.5 Å². The number of carboxylic acid groups (broad SMARTS) is 1. The van der Waals surface area contributed by atoms with E-state index in [1.54, 1.807) is 30.8 Å². The van der Waals surface area contributed by atoms with Gasteiger partial charge in [-0.15, -0.1) is 11.3 Å². The standard InChI is InChI=1S/C29H27N3O5S/c1-37-28-25(17(16-5-6-16)12-19-26(28)31-14-20(27(19)34)29(35)36)23-13-18-21(3-2-4-22(18)38-23)32-24(33)11-15-7-9-30-10-8-15/h7-10,12-14,16,21H,2-6,11H2,1H3,(H,31,34)(H,32,33)(H,35,36). The minimum atomic E-state index is -1.26. The highest BCUT2D eigenvalue weighted by atomic mass is 32.1. The number of ether oxygens (including phenoxy) is 1. The van der Waals surface area contributed by atoms with Gasteiger partial charge in [-0.05, 0) is 79.0 Å². The summed E-state index contributed by atoms with van der Waals surface area (Å²) in [6.45, 7) is 0. The molecule has 8 nitrogen and oxygen atoms in total. The molecule has 0 aliphatic heterocycles. The highest BCUT2D eigenvalue weighted by Crippen LogP contribution is 2.52. The van der Waals surface area contributed by atoms with E-state index in [9.17, 15) is 19.5 Å². The molecule has 1 amide bonds. The molecule has 3 N–H and O–H groups in total. The lowest BCUT2D eigenvalue weighted by Gasteiger charge is -2.23. The van der Waals surface area contributed by atoms with Crippen molar-refractivity contribution in [3.05, 3.63) is 80.2 Å². The van der Waals surface area contributed by atoms with Crippen LogP contribution in [-0.4, -0.2) is 34.1 Å². The number of carbonyl (C=O) groups is 2. The fourth-order valence-corrected chi connectivity index (χ4v) is 6.78. The van der Waals surface area contributed by atoms with Gasteiger partial charge in [-0.2, -0.15) is 0 Å². The maximum Gasteiger partial charge on any atom is 0.341 e. The van der Waals surface area contributed by atoms with E-state index in [4.69, 9.17) is 4.74 Å². The third-order valence-electron chi connectivity index (χ3n) is 7.42. The Morgan fingerprint density at radius 2 is 1.97 bits per heavy atom. The molecule has 38 heavy (non-hydrogen) atoms. The zero-order valence-corrected chi connectivity index (χ0v) is 21.7. The average molecular weight is 530 g/mol. The first kappa shape index (κ1) is 24.4. The van der Waals surface area contributed by atoms with E-state index in [2.05, 4.69) is 21.4 Å². The van der Waals surface area contributed by atoms with Crippen molar-refractivity contribution in [1.82, 2.24) is 15.3 Å². The molecule has 2 aliphatic rings. The predicted molar refractivity (Wildman–Crippen MR) is 145 cm³/mol. The zero-order chi connectivity index (χ0) is 26.4. The van der Waals surface area contributed by atoms with Crippen LogP contribution in [0.5, 0.6) is 5.75 Å². The highest BCUT2D eigenvalue weighted by Gasteiger charge is 2.33. The van der Waals surface area contributed by atoms with E-state index < -0.39 is 11.4 Å². The Hall–Kier alpha value is -3.98. The van der Waals surface area contributed by atoms with Crippen molar-refractivity contribution in [2.75, 3.05) is 7.11 Å². The largest absolute Gasteiger partial charge is 0.494 e. The van der Waals surface area contributed by atoms with Crippen LogP contribution in [0.25, 0.3) is 21.3 Å². The molecule has 4 aromatic rings. The van der Waals surface area contributed by atoms with Crippen LogP contribution >= 0.6 is 11.3 Å². The van der Waals surface area contributed by atoms with Gasteiger partial charge in [0.25, 0.3) is 0 Å². The van der Waals surface area contributed by atoms with Crippen LogP contribution in [0, 0.1) is 0 Å². The Bertz CT molecular complexity index is 1620. The fraction of sp³-hybridized carbons (Fsp3) is 0.310. The summed E-state index contributed by atoms with van der Waals surface area (Å²) in [5.74, 6) is -0.427. The molecule has 1 fully saturated rings. The van der Waals surface area contributed by atoms with Crippen LogP contribution in [0.1, 0.15) is 69.6 Å². The Morgan fingerprint density at radius 3 is 2.68 bits per heavy atom. The number of aromatic carboxylic acids is 1. The van der Waals surface area contributed by atoms with Gasteiger partial charge in [0.15, 0.2) is 5.75 Å². The number of pyridine rings is 2. The zero-order valence-electron chi connectivity index (χ0n) is 20.9. The Balaban J connectivity index is 1.41. The normalized spacial score (nSPS) is 16.7. The number of amides is 1. The van der Waals surface area contributed by atoms with Crippen molar-refractivity contribution in [2.24, 2.45) is 0 Å². The number of H-pyrrole nitrogens is 1. The Labute approximate surface area is 222 Å². The van der Waals surface area contributed by atoms with Gasteiger partial charge in [0, 0.05) is 33.9 Å². The number of methoxy groups -OCH3 is 1. The molecule has 0 radical (unpaired) electrons. The number of benzene rings is 1. The van der Waals surface area contributed by atoms with Gasteiger partial charge in [-0.25, -0.2) is 4.79 Å². The molecule has 3 heterocycles. The predicted octanol–water partition coefficient (Wildman–Crippen LogP) is 4.97. The molecular weight excluding hydrogens is 502 g/mol. The lowest BCUT2D eigenvalue weighted by atomic mass is 9.91. The molecule has 3 aromatic heterocycles. The maximum atomic E-state index is 13.0. The summed E-state index contributed by atoms with van der Waals surface area (Å²) in [5, 5.41) is 13.0. The molecule has 2 aliphatic carbocycles. The summed E-state index contributed by atoms with van der Waals surface area (Å²) in [6, 6.07) is 7.65. The quantitative estimate of drug-likeness (QED) is 0.311. The minimum absolute atomic E-state index is 0.0180. The van der Waals surface area contributed by atoms with Crippen molar-refractivity contribution < 1.29 is 19.4 Å². The number of carboxylic acids is 1. The lowest BCUT2D eigenvalue weighted by molar-refractivity contribution is -0.121. The first-order valence-electron chi connectivity index (χ1n) is 12.8. The number of nitrogens with one attached hydrogen (secondary N) is 2. The average Bonchev–Trinajstić information content (AvgIpc) is 3.66. The van der Waals surface area contributed by atoms with Crippen LogP contribution in [0.15, 0.2) is 47.7 Å². The molecule has 1 aromatic carbocycles. The third-order valence-corrected chi connectivity index (χ3v) is 8.65. The Morgan fingerprint density at radius 1 is 1.18 bits per heavy atom. The van der Waals surface area contributed by atoms with E-state index >= 15 is 0 Å². The molecule has 9 heteroatoms. The molecule has 1 atom stereocenters. The first-order chi connectivity index (χ1) is 18.4. The lowest BCUT2D eigenvalue weighted by Crippen LogP contribution is -2.31. The van der Waals surface area contributed by atoms with Gasteiger partial charge in [0.05, 0.1) is 30.5 Å². The number of rotatable bonds is 7. The van der Waals surface area contributed by atoms with Gasteiger partial charge in [-0.1, -0.05) is 0 Å². The second-order valence-electron chi connectivity index (χ2n) is 9.94. The van der Waals surface area contributed by atoms with E-state index in [-0.39, 0.29) is 17.5 Å². The number of aromatic amines is 1. The topological polar surface area (TPSA) is 121 Å². The molecule has 6 rings (SSSR count). The highest BCUT2D eigenvalue weighted by molar-refractivity contribution is 7.15. The number of fused-ring (bicyclic) bond motifs is 2. The molecule has 0 bridgehead atoms. The van der Waals surface area contributed by atoms with Gasteiger partial charge in [0.1, 0.15) is 5.56 Å². The number of nitrogens with zero attached hydrogens (tertiary/aromatic N) is 1. The smallest absolute Gasteiger partial charge is 0.341 e. The molecular formula is C29H27N3O5S. The van der Waals surface area contributed by atoms with Crippen LogP contribution in [0.3, 0.4) is 0 Å². The van der Waals surface area contributed by atoms with Gasteiger partial charge >= 0.3 is 5.97 Å². The van der Waals surface area contributed by atoms with Crippen molar-refractivity contribution in [2.45, 2.75) is 50.5 Å². The number of aryl methyl sites for hydroxylation is 1. The molecule has 1 unspecified atom stereocenters. The summed E-state index contributed by atoms with van der Waals surface area (Å²) in [6.07, 6.45) is 9.76. The van der Waals surface area contributed by atoms with Crippen LogP contribution in [-0.2, 0) is 17.6 Å². The van der Waals surface area contributed by atoms with Crippen molar-refractivity contribution >= 4 is 34.1 Å². The molecule has 0 spiro atoms. The van der Waals surface area contributed by atoms with Crippen LogP contribution in [0.4, 0.5) is 0 Å². The van der Waals surface area contributed by atoms with E-state index in [0.717, 1.165) is 59.2 Å². The molecule has 0 saturated heterocycles. The number of hydrogen-bond donors (Lipinski definition) is 3. The summed E-state index contributed by atoms with van der Waals surface area (Å²) in [5.41, 5.74) is 3.72. The summed E-state index contributed by atoms with van der Waals surface area (Å²) < 4.78 is 5.89. The van der Waals surface area contributed by atoms with E-state index in [1.807, 2.05) is 18.2 Å². The van der Waals surface area contributed by atoms with E-state index in [1.165, 1.54) is 11.1 Å². The van der Waals surface area contributed by atoms with Crippen molar-refractivity contribution in [3.63, 3.8) is 0 Å². The monoisotopic (exact) mass is 529 g/mol. The summed E-state index contributed by atoms with van der Waals surface area (Å²) in [7, 11) is 1.58. The number of aromatic nitrogens is 2. The number of thiophene rings is 1.